The van der Waals surface area contributed by atoms with Crippen LogP contribution in [-0.4, -0.2) is 34.2 Å². The Morgan fingerprint density at radius 1 is 1.33 bits per heavy atom. The van der Waals surface area contributed by atoms with Crippen LogP contribution in [-0.2, 0) is 16.1 Å². The van der Waals surface area contributed by atoms with Crippen LogP contribution in [0.4, 0.5) is 4.79 Å². The standard InChI is InChI=1S/C16H21NO4/c1-16(2)9-13(8-14(18)19)10-17(16)15(20)21-11-12-6-4-3-5-7-12/h3-7,13H,8-11H2,1-2H3,(H,18,19). The van der Waals surface area contributed by atoms with Crippen molar-refractivity contribution < 1.29 is 19.4 Å². The molecule has 0 aliphatic carbocycles. The lowest BCUT2D eigenvalue weighted by Crippen LogP contribution is -2.42. The third kappa shape index (κ3) is 3.97. The molecule has 0 aromatic heterocycles. The van der Waals surface area contributed by atoms with Gasteiger partial charge >= 0.3 is 12.1 Å². The first-order valence-corrected chi connectivity index (χ1v) is 7.08. The summed E-state index contributed by atoms with van der Waals surface area (Å²) >= 11 is 0. The summed E-state index contributed by atoms with van der Waals surface area (Å²) in [6.07, 6.45) is 0.391. The molecule has 1 fully saturated rings. The largest absolute Gasteiger partial charge is 0.481 e. The smallest absolute Gasteiger partial charge is 0.410 e. The van der Waals surface area contributed by atoms with E-state index in [4.69, 9.17) is 9.84 Å². The Bertz CT molecular complexity index is 512. The van der Waals surface area contributed by atoms with Gasteiger partial charge in [-0.2, -0.15) is 0 Å². The molecule has 0 saturated carbocycles. The van der Waals surface area contributed by atoms with Crippen LogP contribution in [0.3, 0.4) is 0 Å². The predicted octanol–water partition coefficient (Wildman–Crippen LogP) is 2.90. The van der Waals surface area contributed by atoms with E-state index >= 15 is 0 Å². The number of benzene rings is 1. The van der Waals surface area contributed by atoms with Gasteiger partial charge in [0.15, 0.2) is 0 Å². The highest BCUT2D eigenvalue weighted by Crippen LogP contribution is 2.34. The van der Waals surface area contributed by atoms with Gasteiger partial charge in [-0.15, -0.1) is 0 Å². The number of carboxylic acids is 1. The Kier molecular flexibility index (Phi) is 4.50. The minimum atomic E-state index is -0.824. The van der Waals surface area contributed by atoms with E-state index in [0.29, 0.717) is 13.0 Å². The minimum absolute atomic E-state index is 0.0122. The van der Waals surface area contributed by atoms with Crippen molar-refractivity contribution >= 4 is 12.1 Å². The summed E-state index contributed by atoms with van der Waals surface area (Å²) in [6.45, 7) is 4.56. The highest BCUT2D eigenvalue weighted by atomic mass is 16.6. The van der Waals surface area contributed by atoms with Gasteiger partial charge in [-0.3, -0.25) is 4.79 Å². The van der Waals surface area contributed by atoms with Crippen molar-refractivity contribution in [3.63, 3.8) is 0 Å². The zero-order valence-corrected chi connectivity index (χ0v) is 12.4. The second-order valence-corrected chi connectivity index (χ2v) is 6.13. The maximum absolute atomic E-state index is 12.2. The molecular weight excluding hydrogens is 270 g/mol. The molecular formula is C16H21NO4. The van der Waals surface area contributed by atoms with E-state index in [0.717, 1.165) is 5.56 Å². The first-order valence-electron chi connectivity index (χ1n) is 7.08. The summed E-state index contributed by atoms with van der Waals surface area (Å²) < 4.78 is 5.34. The first-order chi connectivity index (χ1) is 9.88. The van der Waals surface area contributed by atoms with Crippen molar-refractivity contribution in [3.8, 4) is 0 Å². The molecule has 21 heavy (non-hydrogen) atoms. The number of carbonyl (C=O) groups excluding carboxylic acids is 1. The Hall–Kier alpha value is -2.04. The van der Waals surface area contributed by atoms with E-state index in [1.807, 2.05) is 44.2 Å². The lowest BCUT2D eigenvalue weighted by atomic mass is 9.94. The van der Waals surface area contributed by atoms with Gasteiger partial charge in [0.25, 0.3) is 0 Å². The van der Waals surface area contributed by atoms with Crippen LogP contribution in [0.5, 0.6) is 0 Å². The van der Waals surface area contributed by atoms with Crippen LogP contribution < -0.4 is 0 Å². The van der Waals surface area contributed by atoms with Gasteiger partial charge in [-0.05, 0) is 31.7 Å². The van der Waals surface area contributed by atoms with E-state index in [9.17, 15) is 9.59 Å². The van der Waals surface area contributed by atoms with Gasteiger partial charge in [0.2, 0.25) is 0 Å². The number of likely N-dealkylation sites (tertiary alicyclic amines) is 1. The van der Waals surface area contributed by atoms with Gasteiger partial charge in [0.05, 0.1) is 0 Å². The number of ether oxygens (including phenoxy) is 1. The third-order valence-corrected chi connectivity index (χ3v) is 3.85. The molecule has 1 aliphatic heterocycles. The molecule has 0 radical (unpaired) electrons. The highest BCUT2D eigenvalue weighted by Gasteiger charge is 2.42. The Labute approximate surface area is 124 Å². The molecule has 1 heterocycles. The molecule has 1 unspecified atom stereocenters. The zero-order chi connectivity index (χ0) is 15.5. The number of hydrogen-bond donors (Lipinski definition) is 1. The molecule has 0 spiro atoms. The van der Waals surface area contributed by atoms with Gasteiger partial charge in [0, 0.05) is 18.5 Å². The number of carboxylic acid groups (broad SMARTS) is 1. The summed E-state index contributed by atoms with van der Waals surface area (Å²) in [5.41, 5.74) is 0.568. The van der Waals surface area contributed by atoms with Crippen molar-refractivity contribution in [2.75, 3.05) is 6.54 Å². The van der Waals surface area contributed by atoms with Gasteiger partial charge < -0.3 is 14.7 Å². The molecule has 1 N–H and O–H groups in total. The van der Waals surface area contributed by atoms with Crippen molar-refractivity contribution in [1.82, 2.24) is 4.90 Å². The number of aliphatic carboxylic acids is 1. The monoisotopic (exact) mass is 291 g/mol. The molecule has 0 bridgehead atoms. The summed E-state index contributed by atoms with van der Waals surface area (Å²) in [6, 6.07) is 9.49. The first kappa shape index (κ1) is 15.4. The normalized spacial score (nSPS) is 20.3. The second-order valence-electron chi connectivity index (χ2n) is 6.13. The van der Waals surface area contributed by atoms with E-state index in [1.54, 1.807) is 4.90 Å². The maximum Gasteiger partial charge on any atom is 0.410 e. The number of rotatable bonds is 4. The fourth-order valence-electron chi connectivity index (χ4n) is 2.89. The molecule has 5 nitrogen and oxygen atoms in total. The van der Waals surface area contributed by atoms with Crippen LogP contribution in [0.15, 0.2) is 30.3 Å². The number of amides is 1. The maximum atomic E-state index is 12.2. The number of nitrogens with zero attached hydrogens (tertiary/aromatic N) is 1. The Morgan fingerprint density at radius 2 is 2.00 bits per heavy atom. The van der Waals surface area contributed by atoms with Gasteiger partial charge in [0.1, 0.15) is 6.61 Å². The molecule has 1 aromatic carbocycles. The zero-order valence-electron chi connectivity index (χ0n) is 12.4. The van der Waals surface area contributed by atoms with Crippen LogP contribution in [0.25, 0.3) is 0 Å². The summed E-state index contributed by atoms with van der Waals surface area (Å²) in [7, 11) is 0. The average Bonchev–Trinajstić information content (AvgIpc) is 2.71. The average molecular weight is 291 g/mol. The molecule has 5 heteroatoms. The summed E-state index contributed by atoms with van der Waals surface area (Å²) in [4.78, 5) is 24.7. The Balaban J connectivity index is 1.93. The number of carbonyl (C=O) groups is 2. The number of hydrogen-bond acceptors (Lipinski definition) is 3. The lowest BCUT2D eigenvalue weighted by molar-refractivity contribution is -0.138. The summed E-state index contributed by atoms with van der Waals surface area (Å²) in [5.74, 6) is -0.836. The minimum Gasteiger partial charge on any atom is -0.481 e. The predicted molar refractivity (Wildman–Crippen MR) is 77.8 cm³/mol. The van der Waals surface area contributed by atoms with Crippen LogP contribution in [0.2, 0.25) is 0 Å². The van der Waals surface area contributed by atoms with Gasteiger partial charge in [-0.25, -0.2) is 4.79 Å². The van der Waals surface area contributed by atoms with Crippen LogP contribution in [0, 0.1) is 5.92 Å². The Morgan fingerprint density at radius 3 is 2.62 bits per heavy atom. The van der Waals surface area contributed by atoms with Crippen LogP contribution in [0.1, 0.15) is 32.3 Å². The highest BCUT2D eigenvalue weighted by molar-refractivity contribution is 5.70. The summed E-state index contributed by atoms with van der Waals surface area (Å²) in [5, 5.41) is 8.89. The SMILES string of the molecule is CC1(C)CC(CC(=O)O)CN1C(=O)OCc1ccccc1. The van der Waals surface area contributed by atoms with E-state index in [-0.39, 0.29) is 30.6 Å². The quantitative estimate of drug-likeness (QED) is 0.926. The lowest BCUT2D eigenvalue weighted by Gasteiger charge is -2.30. The fraction of sp³-hybridized carbons (Fsp3) is 0.500. The van der Waals surface area contributed by atoms with Gasteiger partial charge in [-0.1, -0.05) is 30.3 Å². The third-order valence-electron chi connectivity index (χ3n) is 3.85. The molecule has 1 aliphatic rings. The van der Waals surface area contributed by atoms with Crippen molar-refractivity contribution in [2.45, 2.75) is 38.8 Å². The van der Waals surface area contributed by atoms with Crippen molar-refractivity contribution in [2.24, 2.45) is 5.92 Å². The molecule has 1 aromatic rings. The van der Waals surface area contributed by atoms with Crippen LogP contribution >= 0.6 is 0 Å². The van der Waals surface area contributed by atoms with E-state index in [2.05, 4.69) is 0 Å². The fourth-order valence-corrected chi connectivity index (χ4v) is 2.89. The van der Waals surface area contributed by atoms with Crippen molar-refractivity contribution in [3.05, 3.63) is 35.9 Å². The molecule has 114 valence electrons. The van der Waals surface area contributed by atoms with Crippen molar-refractivity contribution in [1.29, 1.82) is 0 Å². The molecule has 2 rings (SSSR count). The topological polar surface area (TPSA) is 66.8 Å². The molecule has 1 saturated heterocycles. The van der Waals surface area contributed by atoms with E-state index in [1.165, 1.54) is 0 Å². The molecule has 1 atom stereocenters. The second kappa shape index (κ2) is 6.16. The van der Waals surface area contributed by atoms with E-state index < -0.39 is 5.97 Å². The molecule has 1 amide bonds.